The topological polar surface area (TPSA) is 90.5 Å². The van der Waals surface area contributed by atoms with E-state index in [9.17, 15) is 9.18 Å². The number of hydrogen-bond acceptors (Lipinski definition) is 5. The van der Waals surface area contributed by atoms with Crippen molar-refractivity contribution in [3.8, 4) is 11.5 Å². The quantitative estimate of drug-likeness (QED) is 0.526. The van der Waals surface area contributed by atoms with Crippen LogP contribution in [-0.2, 0) is 7.05 Å². The van der Waals surface area contributed by atoms with E-state index in [-0.39, 0.29) is 11.6 Å². The second kappa shape index (κ2) is 7.26. The van der Waals surface area contributed by atoms with Crippen LogP contribution in [0.1, 0.15) is 54.8 Å². The van der Waals surface area contributed by atoms with E-state index in [1.165, 1.54) is 6.07 Å². The van der Waals surface area contributed by atoms with Gasteiger partial charge in [0.15, 0.2) is 5.82 Å². The van der Waals surface area contributed by atoms with Crippen LogP contribution in [0.5, 0.6) is 0 Å². The predicted molar refractivity (Wildman–Crippen MR) is 114 cm³/mol. The van der Waals surface area contributed by atoms with E-state index in [1.807, 2.05) is 30.0 Å². The van der Waals surface area contributed by atoms with Crippen LogP contribution >= 0.6 is 0 Å². The number of hydrogen-bond donors (Lipinski definition) is 1. The molecule has 8 nitrogen and oxygen atoms in total. The van der Waals surface area contributed by atoms with Gasteiger partial charge in [-0.05, 0) is 44.9 Å². The molecule has 0 saturated heterocycles. The molecule has 1 aromatic carbocycles. The van der Waals surface area contributed by atoms with Crippen LogP contribution in [0.25, 0.3) is 22.6 Å². The molecule has 1 aliphatic rings. The summed E-state index contributed by atoms with van der Waals surface area (Å²) >= 11 is 0. The first-order valence-corrected chi connectivity index (χ1v) is 10.3. The Labute approximate surface area is 178 Å². The van der Waals surface area contributed by atoms with Crippen molar-refractivity contribution in [2.24, 2.45) is 7.05 Å². The molecule has 1 amide bonds. The van der Waals surface area contributed by atoms with Gasteiger partial charge in [0.1, 0.15) is 29.5 Å². The first-order chi connectivity index (χ1) is 14.9. The summed E-state index contributed by atoms with van der Waals surface area (Å²) in [5, 5.41) is 10.8. The molecule has 3 heterocycles. The average Bonchev–Trinajstić information content (AvgIpc) is 3.36. The lowest BCUT2D eigenvalue weighted by Crippen LogP contribution is -2.15. The minimum atomic E-state index is -0.610. The van der Waals surface area contributed by atoms with Crippen LogP contribution in [0.15, 0.2) is 36.7 Å². The number of nitrogens with zero attached hydrogens (tertiary/aromatic N) is 6. The molecule has 1 N–H and O–H groups in total. The molecule has 31 heavy (non-hydrogen) atoms. The number of aromatic nitrogens is 6. The van der Waals surface area contributed by atoms with Crippen molar-refractivity contribution in [2.75, 3.05) is 5.32 Å². The van der Waals surface area contributed by atoms with Crippen LogP contribution in [-0.4, -0.2) is 35.2 Å². The van der Waals surface area contributed by atoms with Gasteiger partial charge < -0.3 is 14.5 Å². The second-order valence-electron chi connectivity index (χ2n) is 8.14. The summed E-state index contributed by atoms with van der Waals surface area (Å²) in [6.07, 6.45) is 3.83. The molecule has 0 radical (unpaired) electrons. The smallest absolute Gasteiger partial charge is 0.259 e. The van der Waals surface area contributed by atoms with E-state index < -0.39 is 11.7 Å². The number of halogens is 1. The van der Waals surface area contributed by atoms with Crippen molar-refractivity contribution in [1.82, 2.24) is 29.3 Å². The summed E-state index contributed by atoms with van der Waals surface area (Å²) in [6, 6.07) is 8.25. The third kappa shape index (κ3) is 3.45. The molecular formula is C22H22FN7O. The highest BCUT2D eigenvalue weighted by atomic mass is 19.1. The van der Waals surface area contributed by atoms with Crippen LogP contribution in [0.2, 0.25) is 0 Å². The molecule has 158 valence electrons. The Balaban J connectivity index is 1.45. The Bertz CT molecular complexity index is 1300. The summed E-state index contributed by atoms with van der Waals surface area (Å²) in [5.74, 6) is 1.10. The number of imidazole rings is 1. The lowest BCUT2D eigenvalue weighted by atomic mass is 10.1. The summed E-state index contributed by atoms with van der Waals surface area (Å²) < 4.78 is 18.6. The highest BCUT2D eigenvalue weighted by Crippen LogP contribution is 2.40. The molecular weight excluding hydrogens is 397 g/mol. The summed E-state index contributed by atoms with van der Waals surface area (Å²) in [7, 11) is 1.90. The molecule has 0 unspecified atom stereocenters. The fraction of sp³-hybridized carbons (Fsp3) is 0.318. The Kier molecular flexibility index (Phi) is 4.53. The van der Waals surface area contributed by atoms with Crippen LogP contribution in [0.4, 0.5) is 10.2 Å². The molecule has 1 fully saturated rings. The van der Waals surface area contributed by atoms with Gasteiger partial charge in [-0.3, -0.25) is 4.79 Å². The van der Waals surface area contributed by atoms with E-state index >= 15 is 0 Å². The van der Waals surface area contributed by atoms with E-state index in [2.05, 4.69) is 25.5 Å². The van der Waals surface area contributed by atoms with Crippen molar-refractivity contribution in [2.45, 2.75) is 38.6 Å². The molecule has 9 heteroatoms. The molecule has 0 atom stereocenters. The lowest BCUT2D eigenvalue weighted by Gasteiger charge is -2.11. The van der Waals surface area contributed by atoms with Crippen molar-refractivity contribution >= 4 is 22.8 Å². The zero-order valence-corrected chi connectivity index (χ0v) is 17.5. The Morgan fingerprint density at radius 2 is 2.03 bits per heavy atom. The van der Waals surface area contributed by atoms with Gasteiger partial charge in [-0.15, -0.1) is 10.2 Å². The minimum absolute atomic E-state index is 0.0459. The monoisotopic (exact) mass is 419 g/mol. The molecule has 0 bridgehead atoms. The number of pyridine rings is 1. The Morgan fingerprint density at radius 3 is 2.77 bits per heavy atom. The molecule has 1 aliphatic carbocycles. The number of aryl methyl sites for hydroxylation is 1. The largest absolute Gasteiger partial charge is 0.331 e. The van der Waals surface area contributed by atoms with Gasteiger partial charge in [0, 0.05) is 25.1 Å². The number of amides is 1. The number of carbonyl (C=O) groups excluding carboxylic acids is 1. The summed E-state index contributed by atoms with van der Waals surface area (Å²) in [4.78, 5) is 21.9. The summed E-state index contributed by atoms with van der Waals surface area (Å²) in [5.41, 5.74) is 1.82. The molecule has 0 aliphatic heterocycles. The van der Waals surface area contributed by atoms with Crippen molar-refractivity contribution in [1.29, 1.82) is 0 Å². The van der Waals surface area contributed by atoms with Gasteiger partial charge in [-0.1, -0.05) is 6.07 Å². The number of carbonyl (C=O) groups is 1. The van der Waals surface area contributed by atoms with Crippen LogP contribution in [0.3, 0.4) is 0 Å². The fourth-order valence-corrected chi connectivity index (χ4v) is 3.73. The van der Waals surface area contributed by atoms with Gasteiger partial charge in [-0.25, -0.2) is 14.4 Å². The Hall–Kier alpha value is -3.62. The fourth-order valence-electron chi connectivity index (χ4n) is 3.73. The van der Waals surface area contributed by atoms with Gasteiger partial charge in [0.2, 0.25) is 0 Å². The first-order valence-electron chi connectivity index (χ1n) is 10.3. The van der Waals surface area contributed by atoms with E-state index in [1.54, 1.807) is 30.6 Å². The molecule has 3 aromatic heterocycles. The minimum Gasteiger partial charge on any atom is -0.331 e. The van der Waals surface area contributed by atoms with Crippen molar-refractivity contribution < 1.29 is 9.18 Å². The zero-order chi connectivity index (χ0) is 21.7. The first kappa shape index (κ1) is 19.3. The number of anilines is 1. The maximum atomic E-state index is 14.7. The number of benzene rings is 1. The normalized spacial score (nSPS) is 13.8. The number of rotatable bonds is 5. The van der Waals surface area contributed by atoms with Gasteiger partial charge in [0.05, 0.1) is 16.6 Å². The second-order valence-corrected chi connectivity index (χ2v) is 8.14. The highest BCUT2D eigenvalue weighted by molar-refractivity contribution is 6.05. The van der Waals surface area contributed by atoms with E-state index in [0.29, 0.717) is 28.8 Å². The zero-order valence-electron chi connectivity index (χ0n) is 17.5. The van der Waals surface area contributed by atoms with E-state index in [0.717, 1.165) is 24.2 Å². The van der Waals surface area contributed by atoms with Crippen molar-refractivity contribution in [3.05, 3.63) is 53.9 Å². The van der Waals surface area contributed by atoms with Crippen LogP contribution in [0, 0.1) is 5.82 Å². The van der Waals surface area contributed by atoms with E-state index in [4.69, 9.17) is 0 Å². The standard InChI is InChI=1S/C22H22FN7O/c1-12(2)30-11-24-28-21(30)16-5-4-6-19(25-16)27-22(31)14-9-18-17(10-15(14)23)26-20(29(18)3)13-7-8-13/h4-6,9-13H,7-8H2,1-3H3,(H,25,27,31). The SMILES string of the molecule is CC(C)n1cnnc1-c1cccc(NC(=O)c2cc3c(cc2F)nc(C2CC2)n3C)n1. The highest BCUT2D eigenvalue weighted by Gasteiger charge is 2.29. The molecule has 4 aromatic rings. The number of fused-ring (bicyclic) bond motifs is 1. The number of nitrogens with one attached hydrogen (secondary N) is 1. The third-order valence-corrected chi connectivity index (χ3v) is 5.54. The summed E-state index contributed by atoms with van der Waals surface area (Å²) in [6.45, 7) is 4.04. The maximum Gasteiger partial charge on any atom is 0.259 e. The van der Waals surface area contributed by atoms with Gasteiger partial charge in [-0.2, -0.15) is 0 Å². The van der Waals surface area contributed by atoms with Gasteiger partial charge >= 0.3 is 0 Å². The third-order valence-electron chi connectivity index (χ3n) is 5.54. The maximum absolute atomic E-state index is 14.7. The molecule has 1 saturated carbocycles. The van der Waals surface area contributed by atoms with Crippen molar-refractivity contribution in [3.63, 3.8) is 0 Å². The average molecular weight is 419 g/mol. The van der Waals surface area contributed by atoms with Gasteiger partial charge in [0.25, 0.3) is 5.91 Å². The lowest BCUT2D eigenvalue weighted by molar-refractivity contribution is 0.102. The molecule has 0 spiro atoms. The van der Waals surface area contributed by atoms with Crippen LogP contribution < -0.4 is 5.32 Å². The Morgan fingerprint density at radius 1 is 1.23 bits per heavy atom. The predicted octanol–water partition coefficient (Wildman–Crippen LogP) is 4.08. The molecule has 5 rings (SSSR count).